The Bertz CT molecular complexity index is 1000. The fourth-order valence-electron chi connectivity index (χ4n) is 2.16. The summed E-state index contributed by atoms with van der Waals surface area (Å²) in [7, 11) is -3.74. The van der Waals surface area contributed by atoms with Gasteiger partial charge in [-0.15, -0.1) is 0 Å². The molecular weight excluding hydrogens is 344 g/mol. The van der Waals surface area contributed by atoms with Crippen LogP contribution in [0.15, 0.2) is 72.2 Å². The molecule has 3 aromatic rings. The molecule has 1 aromatic carbocycles. The van der Waals surface area contributed by atoms with Gasteiger partial charge in [0.2, 0.25) is 0 Å². The van der Waals surface area contributed by atoms with Gasteiger partial charge in [0.15, 0.2) is 0 Å². The molecule has 0 spiro atoms. The molecule has 0 aliphatic heterocycles. The maximum absolute atomic E-state index is 12.6. The van der Waals surface area contributed by atoms with E-state index in [1.165, 1.54) is 42.1 Å². The van der Waals surface area contributed by atoms with Crippen LogP contribution in [0.4, 0.5) is 0 Å². The van der Waals surface area contributed by atoms with E-state index in [2.05, 4.69) is 5.10 Å². The lowest BCUT2D eigenvalue weighted by molar-refractivity contribution is -0.124. The van der Waals surface area contributed by atoms with Gasteiger partial charge in [-0.05, 0) is 48.0 Å². The van der Waals surface area contributed by atoms with Gasteiger partial charge >= 0.3 is 0 Å². The molecule has 2 heterocycles. The first kappa shape index (κ1) is 16.7. The van der Waals surface area contributed by atoms with E-state index >= 15 is 0 Å². The molecule has 0 aliphatic rings. The van der Waals surface area contributed by atoms with Crippen LogP contribution in [-0.2, 0) is 14.8 Å². The molecule has 0 radical (unpaired) electrons. The molecule has 2 N–H and O–H groups in total. The lowest BCUT2D eigenvalue weighted by atomic mass is 10.3. The fourth-order valence-corrected chi connectivity index (χ4v) is 3.37. The van der Waals surface area contributed by atoms with Crippen LogP contribution < -0.4 is 5.48 Å². The van der Waals surface area contributed by atoms with Crippen LogP contribution in [0, 0.1) is 0 Å². The predicted octanol–water partition coefficient (Wildman–Crippen LogP) is 1.43. The third-order valence-corrected chi connectivity index (χ3v) is 5.06. The zero-order valence-electron chi connectivity index (χ0n) is 12.9. The number of nitrogens with one attached hydrogen (secondary N) is 1. The third kappa shape index (κ3) is 3.52. The third-order valence-electron chi connectivity index (χ3n) is 3.41. The Labute approximate surface area is 143 Å². The van der Waals surface area contributed by atoms with Gasteiger partial charge in [-0.3, -0.25) is 10.0 Å². The summed E-state index contributed by atoms with van der Waals surface area (Å²) in [6, 6.07) is 9.64. The van der Waals surface area contributed by atoms with Crippen LogP contribution in [-0.4, -0.2) is 33.3 Å². The highest BCUT2D eigenvalue weighted by Crippen LogP contribution is 2.18. The van der Waals surface area contributed by atoms with E-state index in [0.717, 1.165) is 15.7 Å². The van der Waals surface area contributed by atoms with E-state index in [9.17, 15) is 13.2 Å². The molecule has 3 rings (SSSR count). The maximum atomic E-state index is 12.6. The monoisotopic (exact) mass is 358 g/mol. The molecule has 0 atom stereocenters. The number of nitrogens with zero attached hydrogens (tertiary/aromatic N) is 3. The van der Waals surface area contributed by atoms with Gasteiger partial charge in [0, 0.05) is 30.9 Å². The first-order valence-electron chi connectivity index (χ1n) is 7.16. The number of carbonyl (C=O) groups excluding carboxylic acids is 1. The zero-order valence-corrected chi connectivity index (χ0v) is 13.7. The number of hydroxylamine groups is 1. The van der Waals surface area contributed by atoms with Crippen LogP contribution >= 0.6 is 0 Å². The number of hydrogen-bond donors (Lipinski definition) is 2. The summed E-state index contributed by atoms with van der Waals surface area (Å²) < 4.78 is 28.0. The van der Waals surface area contributed by atoms with Crippen molar-refractivity contribution in [3.8, 4) is 5.69 Å². The standard InChI is InChI=1S/C16H14N4O4S/c21-16(18-22)7-2-13-8-11-19(12-13)25(23,24)15-5-3-14(4-6-15)20-10-1-9-17-20/h1-12,22H,(H,18,21). The van der Waals surface area contributed by atoms with Crippen LogP contribution in [0.25, 0.3) is 11.8 Å². The number of aromatic nitrogens is 3. The largest absolute Gasteiger partial charge is 0.288 e. The van der Waals surface area contributed by atoms with E-state index in [1.54, 1.807) is 35.3 Å². The summed E-state index contributed by atoms with van der Waals surface area (Å²) in [5, 5.41) is 12.5. The molecule has 0 aliphatic carbocycles. The van der Waals surface area contributed by atoms with E-state index in [-0.39, 0.29) is 4.90 Å². The van der Waals surface area contributed by atoms with E-state index in [4.69, 9.17) is 5.21 Å². The number of rotatable bonds is 5. The Hall–Kier alpha value is -3.17. The summed E-state index contributed by atoms with van der Waals surface area (Å²) in [5.74, 6) is -0.704. The summed E-state index contributed by atoms with van der Waals surface area (Å²) >= 11 is 0. The normalized spacial score (nSPS) is 11.7. The van der Waals surface area contributed by atoms with Crippen LogP contribution in [0.1, 0.15) is 5.56 Å². The van der Waals surface area contributed by atoms with Gasteiger partial charge in [0.1, 0.15) is 0 Å². The summed E-state index contributed by atoms with van der Waals surface area (Å²) in [5.41, 5.74) is 2.70. The Morgan fingerprint density at radius 2 is 1.92 bits per heavy atom. The molecule has 2 aromatic heterocycles. The van der Waals surface area contributed by atoms with Crippen LogP contribution in [0.2, 0.25) is 0 Å². The van der Waals surface area contributed by atoms with Crippen molar-refractivity contribution in [2.75, 3.05) is 0 Å². The quantitative estimate of drug-likeness (QED) is 0.408. The van der Waals surface area contributed by atoms with Gasteiger partial charge in [-0.1, -0.05) is 0 Å². The SMILES string of the molecule is O=C(C=Cc1ccn(S(=O)(=O)c2ccc(-n3cccn3)cc2)c1)NO. The highest BCUT2D eigenvalue weighted by atomic mass is 32.2. The second-order valence-corrected chi connectivity index (χ2v) is 6.88. The number of amides is 1. The molecule has 8 nitrogen and oxygen atoms in total. The molecule has 9 heteroatoms. The van der Waals surface area contributed by atoms with E-state index in [1.807, 2.05) is 0 Å². The lowest BCUT2D eigenvalue weighted by Crippen LogP contribution is -2.14. The van der Waals surface area contributed by atoms with Crippen LogP contribution in [0.3, 0.4) is 0 Å². The van der Waals surface area contributed by atoms with Crippen molar-refractivity contribution < 1.29 is 18.4 Å². The number of benzene rings is 1. The van der Waals surface area contributed by atoms with Crippen molar-refractivity contribution in [3.63, 3.8) is 0 Å². The van der Waals surface area contributed by atoms with Gasteiger partial charge in [0.25, 0.3) is 15.9 Å². The molecule has 0 fully saturated rings. The van der Waals surface area contributed by atoms with Crippen molar-refractivity contribution in [2.45, 2.75) is 4.90 Å². The van der Waals surface area contributed by atoms with Gasteiger partial charge in [-0.25, -0.2) is 22.6 Å². The average Bonchev–Trinajstić information content (AvgIpc) is 3.31. The summed E-state index contributed by atoms with van der Waals surface area (Å²) in [6.45, 7) is 0. The molecule has 0 saturated heterocycles. The molecule has 0 bridgehead atoms. The van der Waals surface area contributed by atoms with E-state index < -0.39 is 15.9 Å². The Kier molecular flexibility index (Phi) is 4.50. The van der Waals surface area contributed by atoms with Crippen LogP contribution in [0.5, 0.6) is 0 Å². The minimum absolute atomic E-state index is 0.127. The average molecular weight is 358 g/mol. The first-order chi connectivity index (χ1) is 12.0. The second kappa shape index (κ2) is 6.75. The molecular formula is C16H14N4O4S. The number of hydrogen-bond acceptors (Lipinski definition) is 5. The predicted molar refractivity (Wildman–Crippen MR) is 89.5 cm³/mol. The minimum atomic E-state index is -3.74. The zero-order chi connectivity index (χ0) is 17.9. The molecule has 25 heavy (non-hydrogen) atoms. The smallest absolute Gasteiger partial charge is 0.267 e. The number of carbonyl (C=O) groups is 1. The molecule has 0 unspecified atom stereocenters. The van der Waals surface area contributed by atoms with Crippen molar-refractivity contribution in [2.24, 2.45) is 0 Å². The Balaban J connectivity index is 1.85. The molecule has 1 amide bonds. The lowest BCUT2D eigenvalue weighted by Gasteiger charge is -2.07. The highest BCUT2D eigenvalue weighted by molar-refractivity contribution is 7.90. The first-order valence-corrected chi connectivity index (χ1v) is 8.60. The molecule has 0 saturated carbocycles. The molecule has 128 valence electrons. The minimum Gasteiger partial charge on any atom is -0.288 e. The van der Waals surface area contributed by atoms with Gasteiger partial charge in [0.05, 0.1) is 10.6 Å². The topological polar surface area (TPSA) is 106 Å². The summed E-state index contributed by atoms with van der Waals surface area (Å²) in [6.07, 6.45) is 8.63. The van der Waals surface area contributed by atoms with Crippen molar-refractivity contribution in [3.05, 3.63) is 72.8 Å². The van der Waals surface area contributed by atoms with Crippen molar-refractivity contribution >= 4 is 22.0 Å². The Morgan fingerprint density at radius 1 is 1.16 bits per heavy atom. The van der Waals surface area contributed by atoms with E-state index in [0.29, 0.717) is 5.56 Å². The maximum Gasteiger partial charge on any atom is 0.267 e. The van der Waals surface area contributed by atoms with Gasteiger partial charge < -0.3 is 0 Å². The van der Waals surface area contributed by atoms with Crippen molar-refractivity contribution in [1.82, 2.24) is 19.2 Å². The van der Waals surface area contributed by atoms with Crippen molar-refractivity contribution in [1.29, 1.82) is 0 Å². The second-order valence-electron chi connectivity index (χ2n) is 5.03. The highest BCUT2D eigenvalue weighted by Gasteiger charge is 2.16. The van der Waals surface area contributed by atoms with Gasteiger partial charge in [-0.2, -0.15) is 5.10 Å². The fraction of sp³-hybridized carbons (Fsp3) is 0. The summed E-state index contributed by atoms with van der Waals surface area (Å²) in [4.78, 5) is 11.1. The Morgan fingerprint density at radius 3 is 2.56 bits per heavy atom.